The number of hydrogen-bond acceptors (Lipinski definition) is 2. The van der Waals surface area contributed by atoms with E-state index in [1.54, 1.807) is 0 Å². The average Bonchev–Trinajstić information content (AvgIpc) is 1.88. The molecule has 0 unspecified atom stereocenters. The predicted molar refractivity (Wildman–Crippen MR) is 50.2 cm³/mol. The fourth-order valence-electron chi connectivity index (χ4n) is 1.30. The molecule has 0 amide bonds. The van der Waals surface area contributed by atoms with E-state index in [-0.39, 0.29) is 12.4 Å². The molecule has 0 N–H and O–H groups in total. The number of benzene rings is 1. The maximum Gasteiger partial charge on any atom is 0.174 e. The standard InChI is InChI=1S/C9H12N3.ClH/c1-12(2,3)8-6-4-5-7-9(8)11-10-7;/h4-6H,1-3H3;1H/q+1;/p-1. The highest BCUT2D eigenvalue weighted by atomic mass is 35.5. The van der Waals surface area contributed by atoms with Gasteiger partial charge in [0.05, 0.1) is 21.1 Å². The fourth-order valence-corrected chi connectivity index (χ4v) is 1.30. The van der Waals surface area contributed by atoms with Gasteiger partial charge < -0.3 is 12.4 Å². The molecule has 2 rings (SSSR count). The molecule has 1 aromatic carbocycles. The van der Waals surface area contributed by atoms with Gasteiger partial charge in [-0.3, -0.25) is 4.48 Å². The summed E-state index contributed by atoms with van der Waals surface area (Å²) in [6.45, 7) is 0. The van der Waals surface area contributed by atoms with Gasteiger partial charge >= 0.3 is 0 Å². The van der Waals surface area contributed by atoms with Gasteiger partial charge in [0.15, 0.2) is 11.4 Å². The molecule has 70 valence electrons. The molecular formula is C9H12ClN3. The molecule has 0 fully saturated rings. The van der Waals surface area contributed by atoms with E-state index in [9.17, 15) is 0 Å². The van der Waals surface area contributed by atoms with Crippen LogP contribution >= 0.6 is 0 Å². The molecule has 0 radical (unpaired) electrons. The monoisotopic (exact) mass is 197 g/mol. The molecule has 13 heavy (non-hydrogen) atoms. The van der Waals surface area contributed by atoms with Crippen molar-refractivity contribution in [3.05, 3.63) is 18.2 Å². The van der Waals surface area contributed by atoms with Crippen molar-refractivity contribution in [2.24, 2.45) is 10.2 Å². The molecule has 0 atom stereocenters. The maximum atomic E-state index is 4.01. The lowest BCUT2D eigenvalue weighted by Gasteiger charge is -2.26. The highest BCUT2D eigenvalue weighted by Crippen LogP contribution is 2.45. The number of azo groups is 1. The highest BCUT2D eigenvalue weighted by Gasteiger charge is 2.23. The normalized spacial score (nSPS) is 12.8. The molecular weight excluding hydrogens is 186 g/mol. The lowest BCUT2D eigenvalue weighted by molar-refractivity contribution is -0.00000278. The predicted octanol–water partition coefficient (Wildman–Crippen LogP) is -0.384. The molecule has 0 aromatic heterocycles. The molecule has 0 spiro atoms. The Bertz CT molecular complexity index is 352. The summed E-state index contributed by atoms with van der Waals surface area (Å²) >= 11 is 0. The van der Waals surface area contributed by atoms with E-state index in [1.165, 1.54) is 5.69 Å². The lowest BCUT2D eigenvalue weighted by Crippen LogP contribution is -3.00. The van der Waals surface area contributed by atoms with Crippen LogP contribution in [0.3, 0.4) is 0 Å². The van der Waals surface area contributed by atoms with Gasteiger partial charge in [-0.25, -0.2) is 0 Å². The number of quaternary nitrogens is 1. The third kappa shape index (κ3) is 1.57. The average molecular weight is 198 g/mol. The van der Waals surface area contributed by atoms with E-state index in [0.29, 0.717) is 0 Å². The van der Waals surface area contributed by atoms with Crippen molar-refractivity contribution in [1.82, 2.24) is 4.48 Å². The molecule has 4 heteroatoms. The van der Waals surface area contributed by atoms with Crippen molar-refractivity contribution in [3.63, 3.8) is 0 Å². The largest absolute Gasteiger partial charge is 1.00 e. The van der Waals surface area contributed by atoms with Gasteiger partial charge in [0.1, 0.15) is 5.69 Å². The summed E-state index contributed by atoms with van der Waals surface area (Å²) in [6, 6.07) is 6.11. The van der Waals surface area contributed by atoms with Crippen LogP contribution in [0, 0.1) is 0 Å². The van der Waals surface area contributed by atoms with Crippen LogP contribution in [-0.2, 0) is 0 Å². The van der Waals surface area contributed by atoms with Gasteiger partial charge in [0.25, 0.3) is 0 Å². The van der Waals surface area contributed by atoms with Crippen LogP contribution in [0.5, 0.6) is 0 Å². The minimum atomic E-state index is 0. The summed E-state index contributed by atoms with van der Waals surface area (Å²) in [6.07, 6.45) is 0. The van der Waals surface area contributed by atoms with Gasteiger partial charge in [0, 0.05) is 6.07 Å². The van der Waals surface area contributed by atoms with Crippen LogP contribution in [-0.4, -0.2) is 21.1 Å². The van der Waals surface area contributed by atoms with Gasteiger partial charge in [0.2, 0.25) is 0 Å². The Morgan fingerprint density at radius 3 is 2.15 bits per heavy atom. The first-order chi connectivity index (χ1) is 5.59. The summed E-state index contributed by atoms with van der Waals surface area (Å²) in [5.74, 6) is 0. The number of nitrogens with zero attached hydrogens (tertiary/aromatic N) is 3. The van der Waals surface area contributed by atoms with E-state index >= 15 is 0 Å². The van der Waals surface area contributed by atoms with Gasteiger partial charge in [-0.05, 0) is 6.07 Å². The zero-order valence-electron chi connectivity index (χ0n) is 7.95. The molecule has 1 heterocycles. The molecule has 3 nitrogen and oxygen atoms in total. The molecule has 1 aliphatic rings. The van der Waals surface area contributed by atoms with Crippen molar-refractivity contribution in [2.75, 3.05) is 21.1 Å². The highest BCUT2D eigenvalue weighted by molar-refractivity contribution is 5.79. The quantitative estimate of drug-likeness (QED) is 0.557. The van der Waals surface area contributed by atoms with Crippen molar-refractivity contribution in [3.8, 4) is 0 Å². The minimum Gasteiger partial charge on any atom is -1.00 e. The first-order valence-corrected chi connectivity index (χ1v) is 3.96. The first-order valence-electron chi connectivity index (χ1n) is 3.96. The Balaban J connectivity index is 0.000000845. The number of hydrogen-bond donors (Lipinski definition) is 0. The second-order valence-electron chi connectivity index (χ2n) is 3.86. The van der Waals surface area contributed by atoms with Crippen LogP contribution in [0.15, 0.2) is 28.4 Å². The number of rotatable bonds is 1. The molecule has 1 aliphatic heterocycles. The zero-order chi connectivity index (χ0) is 8.77. The second-order valence-corrected chi connectivity index (χ2v) is 3.86. The second kappa shape index (κ2) is 3.09. The van der Waals surface area contributed by atoms with E-state index < -0.39 is 0 Å². The van der Waals surface area contributed by atoms with Crippen molar-refractivity contribution >= 4 is 17.1 Å². The van der Waals surface area contributed by atoms with Crippen molar-refractivity contribution in [1.29, 1.82) is 0 Å². The molecule has 0 saturated heterocycles. The van der Waals surface area contributed by atoms with Crippen LogP contribution in [0.25, 0.3) is 0 Å². The maximum absolute atomic E-state index is 4.01. The van der Waals surface area contributed by atoms with Crippen LogP contribution in [0.1, 0.15) is 0 Å². The van der Waals surface area contributed by atoms with Crippen molar-refractivity contribution in [2.45, 2.75) is 0 Å². The summed E-state index contributed by atoms with van der Waals surface area (Å²) < 4.78 is 0.794. The first kappa shape index (κ1) is 10.2. The summed E-state index contributed by atoms with van der Waals surface area (Å²) in [5.41, 5.74) is 3.29. The summed E-state index contributed by atoms with van der Waals surface area (Å²) in [4.78, 5) is 0. The molecule has 0 saturated carbocycles. The van der Waals surface area contributed by atoms with Gasteiger partial charge in [-0.1, -0.05) is 6.07 Å². The molecule has 1 aromatic rings. The van der Waals surface area contributed by atoms with Gasteiger partial charge in [-0.2, -0.15) is 0 Å². The number of fused-ring (bicyclic) bond motifs is 1. The lowest BCUT2D eigenvalue weighted by atomic mass is 10.2. The van der Waals surface area contributed by atoms with Crippen molar-refractivity contribution < 1.29 is 12.4 Å². The Hall–Kier alpha value is -0.930. The Morgan fingerprint density at radius 2 is 1.77 bits per heavy atom. The topological polar surface area (TPSA) is 24.7 Å². The zero-order valence-corrected chi connectivity index (χ0v) is 8.71. The summed E-state index contributed by atoms with van der Waals surface area (Å²) in [5, 5.41) is 7.93. The van der Waals surface area contributed by atoms with Crippen LogP contribution in [0.2, 0.25) is 0 Å². The Morgan fingerprint density at radius 1 is 1.08 bits per heavy atom. The third-order valence-electron chi connectivity index (χ3n) is 1.97. The third-order valence-corrected chi connectivity index (χ3v) is 1.97. The summed E-state index contributed by atoms with van der Waals surface area (Å²) in [7, 11) is 6.39. The van der Waals surface area contributed by atoms with Crippen LogP contribution in [0.4, 0.5) is 17.1 Å². The van der Waals surface area contributed by atoms with E-state index in [1.807, 2.05) is 12.1 Å². The smallest absolute Gasteiger partial charge is 0.174 e. The Labute approximate surface area is 84.1 Å². The van der Waals surface area contributed by atoms with Crippen LogP contribution < -0.4 is 16.9 Å². The van der Waals surface area contributed by atoms with Gasteiger partial charge in [-0.15, -0.1) is 10.2 Å². The molecule has 0 aliphatic carbocycles. The fraction of sp³-hybridized carbons (Fsp3) is 0.333. The van der Waals surface area contributed by atoms with E-state index in [4.69, 9.17) is 0 Å². The van der Waals surface area contributed by atoms with E-state index in [2.05, 4.69) is 37.4 Å². The SMILES string of the molecule is C[N+](C)(C)c1cccc2c1N=N2.[Cl-]. The number of halogens is 1. The Kier molecular flexibility index (Phi) is 2.41. The minimum absolute atomic E-state index is 0. The molecule has 0 bridgehead atoms. The van der Waals surface area contributed by atoms with E-state index in [0.717, 1.165) is 15.9 Å².